The Balaban J connectivity index is 3.01. The number of carbonyl (C=O) groups excluding carboxylic acids is 1. The molecule has 0 saturated carbocycles. The van der Waals surface area contributed by atoms with Crippen LogP contribution in [0.2, 0.25) is 0 Å². The first-order chi connectivity index (χ1) is 8.47. The topological polar surface area (TPSA) is 35.5 Å². The number of ether oxygens (including phenoxy) is 2. The van der Waals surface area contributed by atoms with Gasteiger partial charge in [-0.15, -0.1) is 0 Å². The first-order valence-electron chi connectivity index (χ1n) is 6.31. The molecule has 0 saturated heterocycles. The van der Waals surface area contributed by atoms with Gasteiger partial charge in [0.25, 0.3) is 0 Å². The molecule has 0 aliphatic heterocycles. The SMILES string of the molecule is COc1c(C(=O)OCC(C)C)cccc1C(C)C. The van der Waals surface area contributed by atoms with E-state index < -0.39 is 0 Å². The van der Waals surface area contributed by atoms with Crippen molar-refractivity contribution in [3.05, 3.63) is 29.3 Å². The molecule has 18 heavy (non-hydrogen) atoms. The fraction of sp³-hybridized carbons (Fsp3) is 0.533. The van der Waals surface area contributed by atoms with E-state index in [1.165, 1.54) is 0 Å². The summed E-state index contributed by atoms with van der Waals surface area (Å²) >= 11 is 0. The Hall–Kier alpha value is -1.51. The van der Waals surface area contributed by atoms with Gasteiger partial charge in [-0.2, -0.15) is 0 Å². The van der Waals surface area contributed by atoms with E-state index in [1.807, 2.05) is 26.0 Å². The van der Waals surface area contributed by atoms with Crippen LogP contribution < -0.4 is 4.74 Å². The molecule has 0 aromatic heterocycles. The van der Waals surface area contributed by atoms with E-state index in [2.05, 4.69) is 13.8 Å². The summed E-state index contributed by atoms with van der Waals surface area (Å²) in [6, 6.07) is 5.58. The summed E-state index contributed by atoms with van der Waals surface area (Å²) in [6.45, 7) is 8.58. The number of carbonyl (C=O) groups is 1. The molecule has 0 radical (unpaired) electrons. The summed E-state index contributed by atoms with van der Waals surface area (Å²) < 4.78 is 10.6. The predicted molar refractivity (Wildman–Crippen MR) is 72.2 cm³/mol. The minimum atomic E-state index is -0.317. The smallest absolute Gasteiger partial charge is 0.341 e. The van der Waals surface area contributed by atoms with Crippen LogP contribution in [0, 0.1) is 5.92 Å². The van der Waals surface area contributed by atoms with Gasteiger partial charge in [-0.05, 0) is 23.5 Å². The molecule has 0 aliphatic carbocycles. The van der Waals surface area contributed by atoms with Crippen LogP contribution in [0.4, 0.5) is 0 Å². The van der Waals surface area contributed by atoms with E-state index in [9.17, 15) is 4.79 Å². The Morgan fingerprint density at radius 2 is 1.89 bits per heavy atom. The maximum atomic E-state index is 12.0. The van der Waals surface area contributed by atoms with Gasteiger partial charge in [-0.3, -0.25) is 0 Å². The molecule has 3 nitrogen and oxygen atoms in total. The molecule has 1 aromatic carbocycles. The fourth-order valence-corrected chi connectivity index (χ4v) is 1.72. The van der Waals surface area contributed by atoms with Gasteiger partial charge in [0.15, 0.2) is 0 Å². The molecule has 0 atom stereocenters. The Morgan fingerprint density at radius 1 is 1.22 bits per heavy atom. The van der Waals surface area contributed by atoms with E-state index in [-0.39, 0.29) is 5.97 Å². The summed E-state index contributed by atoms with van der Waals surface area (Å²) in [5, 5.41) is 0. The molecule has 1 rings (SSSR count). The van der Waals surface area contributed by atoms with Crippen LogP contribution in [-0.4, -0.2) is 19.7 Å². The highest BCUT2D eigenvalue weighted by Gasteiger charge is 2.18. The van der Waals surface area contributed by atoms with Crippen LogP contribution >= 0.6 is 0 Å². The van der Waals surface area contributed by atoms with E-state index in [0.717, 1.165) is 5.56 Å². The van der Waals surface area contributed by atoms with Crippen LogP contribution in [0.15, 0.2) is 18.2 Å². The zero-order valence-electron chi connectivity index (χ0n) is 11.8. The average Bonchev–Trinajstić information content (AvgIpc) is 2.34. The number of rotatable bonds is 5. The summed E-state index contributed by atoms with van der Waals surface area (Å²) in [7, 11) is 1.58. The van der Waals surface area contributed by atoms with Gasteiger partial charge in [0.1, 0.15) is 11.3 Å². The van der Waals surface area contributed by atoms with Crippen molar-refractivity contribution >= 4 is 5.97 Å². The summed E-state index contributed by atoms with van der Waals surface area (Å²) in [5.74, 6) is 0.940. The monoisotopic (exact) mass is 250 g/mol. The Labute approximate surface area is 109 Å². The third kappa shape index (κ3) is 3.49. The second-order valence-electron chi connectivity index (χ2n) is 5.08. The van der Waals surface area contributed by atoms with Crippen molar-refractivity contribution in [2.75, 3.05) is 13.7 Å². The third-order valence-corrected chi connectivity index (χ3v) is 2.64. The van der Waals surface area contributed by atoms with Gasteiger partial charge in [0, 0.05) is 0 Å². The van der Waals surface area contributed by atoms with Gasteiger partial charge >= 0.3 is 5.97 Å². The first-order valence-corrected chi connectivity index (χ1v) is 6.31. The maximum Gasteiger partial charge on any atom is 0.341 e. The van der Waals surface area contributed by atoms with Crippen LogP contribution in [-0.2, 0) is 4.74 Å². The Kier molecular flexibility index (Phi) is 5.20. The van der Waals surface area contributed by atoms with Crippen LogP contribution in [0.3, 0.4) is 0 Å². The molecule has 100 valence electrons. The summed E-state index contributed by atoms with van der Waals surface area (Å²) in [5.41, 5.74) is 1.53. The van der Waals surface area contributed by atoms with E-state index >= 15 is 0 Å². The minimum Gasteiger partial charge on any atom is -0.496 e. The third-order valence-electron chi connectivity index (χ3n) is 2.64. The van der Waals surface area contributed by atoms with Crippen molar-refractivity contribution < 1.29 is 14.3 Å². The number of esters is 1. The highest BCUT2D eigenvalue weighted by molar-refractivity contribution is 5.93. The minimum absolute atomic E-state index is 0.304. The lowest BCUT2D eigenvalue weighted by molar-refractivity contribution is 0.0455. The van der Waals surface area contributed by atoms with Crippen molar-refractivity contribution in [3.8, 4) is 5.75 Å². The number of para-hydroxylation sites is 1. The number of benzene rings is 1. The molecular weight excluding hydrogens is 228 g/mol. The van der Waals surface area contributed by atoms with Gasteiger partial charge in [0.05, 0.1) is 13.7 Å². The highest BCUT2D eigenvalue weighted by Crippen LogP contribution is 2.30. The molecule has 0 aliphatic rings. The molecule has 0 bridgehead atoms. The highest BCUT2D eigenvalue weighted by atomic mass is 16.5. The zero-order valence-corrected chi connectivity index (χ0v) is 11.8. The lowest BCUT2D eigenvalue weighted by Crippen LogP contribution is -2.12. The normalized spacial score (nSPS) is 10.8. The van der Waals surface area contributed by atoms with Crippen molar-refractivity contribution in [2.24, 2.45) is 5.92 Å². The van der Waals surface area contributed by atoms with Crippen molar-refractivity contribution in [1.29, 1.82) is 0 Å². The van der Waals surface area contributed by atoms with E-state index in [4.69, 9.17) is 9.47 Å². The number of hydrogen-bond acceptors (Lipinski definition) is 3. The molecule has 0 N–H and O–H groups in total. The first kappa shape index (κ1) is 14.6. The van der Waals surface area contributed by atoms with E-state index in [0.29, 0.717) is 29.8 Å². The molecule has 0 amide bonds. The fourth-order valence-electron chi connectivity index (χ4n) is 1.72. The number of methoxy groups -OCH3 is 1. The Bertz CT molecular complexity index is 408. The molecular formula is C15H22O3. The lowest BCUT2D eigenvalue weighted by atomic mass is 9.99. The van der Waals surface area contributed by atoms with E-state index in [1.54, 1.807) is 13.2 Å². The molecule has 3 heteroatoms. The van der Waals surface area contributed by atoms with Gasteiger partial charge < -0.3 is 9.47 Å². The maximum absolute atomic E-state index is 12.0. The van der Waals surface area contributed by atoms with Gasteiger partial charge in [0.2, 0.25) is 0 Å². The largest absolute Gasteiger partial charge is 0.496 e. The van der Waals surface area contributed by atoms with Crippen molar-refractivity contribution in [3.63, 3.8) is 0 Å². The summed E-state index contributed by atoms with van der Waals surface area (Å²) in [6.07, 6.45) is 0. The summed E-state index contributed by atoms with van der Waals surface area (Å²) in [4.78, 5) is 12.0. The van der Waals surface area contributed by atoms with Crippen LogP contribution in [0.25, 0.3) is 0 Å². The quantitative estimate of drug-likeness (QED) is 0.748. The predicted octanol–water partition coefficient (Wildman–Crippen LogP) is 3.63. The van der Waals surface area contributed by atoms with Gasteiger partial charge in [-0.25, -0.2) is 4.79 Å². The molecule has 0 fully saturated rings. The van der Waals surface area contributed by atoms with Crippen molar-refractivity contribution in [1.82, 2.24) is 0 Å². The average molecular weight is 250 g/mol. The second kappa shape index (κ2) is 6.43. The Morgan fingerprint density at radius 3 is 2.39 bits per heavy atom. The second-order valence-corrected chi connectivity index (χ2v) is 5.08. The lowest BCUT2D eigenvalue weighted by Gasteiger charge is -2.15. The van der Waals surface area contributed by atoms with Crippen molar-refractivity contribution in [2.45, 2.75) is 33.6 Å². The number of hydrogen-bond donors (Lipinski definition) is 0. The molecule has 0 unspecified atom stereocenters. The van der Waals surface area contributed by atoms with Gasteiger partial charge in [-0.1, -0.05) is 39.8 Å². The molecule has 0 heterocycles. The molecule has 0 spiro atoms. The molecule has 1 aromatic rings. The van der Waals surface area contributed by atoms with Crippen LogP contribution in [0.1, 0.15) is 49.5 Å². The van der Waals surface area contributed by atoms with Crippen LogP contribution in [0.5, 0.6) is 5.75 Å². The standard InChI is InChI=1S/C15H22O3/c1-10(2)9-18-15(16)13-8-6-7-12(11(3)4)14(13)17-5/h6-8,10-11H,9H2,1-5H3. The zero-order chi connectivity index (χ0) is 13.7.